The Bertz CT molecular complexity index is 1210. The summed E-state index contributed by atoms with van der Waals surface area (Å²) < 4.78 is 15.6. The van der Waals surface area contributed by atoms with E-state index in [9.17, 15) is 18.8 Å². The number of aryl methyl sites for hydroxylation is 1. The van der Waals surface area contributed by atoms with Crippen LogP contribution in [0.25, 0.3) is 11.0 Å². The van der Waals surface area contributed by atoms with E-state index >= 15 is 0 Å². The molecule has 0 bridgehead atoms. The zero-order chi connectivity index (χ0) is 20.7. The summed E-state index contributed by atoms with van der Waals surface area (Å²) in [5.74, 6) is -0.727. The molecule has 1 amide bonds. The number of H-pyrrole nitrogens is 1. The van der Waals surface area contributed by atoms with E-state index in [2.05, 4.69) is 4.98 Å². The minimum absolute atomic E-state index is 0.0255. The second kappa shape index (κ2) is 7.48. The second-order valence-electron chi connectivity index (χ2n) is 7.10. The number of aromatic amines is 1. The Balaban J connectivity index is 1.73. The SMILES string of the molecule is CCn1c(=O)c(=O)[nH]c2cc(C(=O)N(Cc3c(F)cccc3Cl)C3CC3)ccc21. The van der Waals surface area contributed by atoms with Crippen LogP contribution in [-0.4, -0.2) is 26.4 Å². The third kappa shape index (κ3) is 3.58. The lowest BCUT2D eigenvalue weighted by Crippen LogP contribution is -2.36. The molecule has 2 aromatic carbocycles. The van der Waals surface area contributed by atoms with Crippen molar-refractivity contribution in [3.05, 3.63) is 79.1 Å². The normalized spacial score (nSPS) is 13.6. The van der Waals surface area contributed by atoms with Crippen molar-refractivity contribution < 1.29 is 9.18 Å². The van der Waals surface area contributed by atoms with Gasteiger partial charge in [-0.25, -0.2) is 4.39 Å². The first-order chi connectivity index (χ1) is 13.9. The van der Waals surface area contributed by atoms with Crippen LogP contribution in [0.1, 0.15) is 35.7 Å². The standard InChI is InChI=1S/C21H19ClFN3O3/c1-2-25-18-9-6-12(10-17(18)24-19(27)21(25)29)20(28)26(13-7-8-13)11-14-15(22)4-3-5-16(14)23/h3-6,9-10,13H,2,7-8,11H2,1H3,(H,24,27). The van der Waals surface area contributed by atoms with Crippen molar-refractivity contribution in [3.8, 4) is 0 Å². The second-order valence-corrected chi connectivity index (χ2v) is 7.51. The Morgan fingerprint density at radius 1 is 1.28 bits per heavy atom. The van der Waals surface area contributed by atoms with Gasteiger partial charge in [0.2, 0.25) is 0 Å². The molecule has 1 aliphatic rings. The van der Waals surface area contributed by atoms with Crippen molar-refractivity contribution in [2.24, 2.45) is 0 Å². The molecule has 150 valence electrons. The van der Waals surface area contributed by atoms with Gasteiger partial charge in [0.05, 0.1) is 17.6 Å². The summed E-state index contributed by atoms with van der Waals surface area (Å²) in [6, 6.07) is 9.29. The zero-order valence-electron chi connectivity index (χ0n) is 15.7. The third-order valence-corrected chi connectivity index (χ3v) is 5.53. The molecule has 0 radical (unpaired) electrons. The van der Waals surface area contributed by atoms with E-state index in [-0.39, 0.29) is 29.1 Å². The van der Waals surface area contributed by atoms with Gasteiger partial charge in [0.25, 0.3) is 5.91 Å². The van der Waals surface area contributed by atoms with Crippen molar-refractivity contribution in [2.75, 3.05) is 0 Å². The van der Waals surface area contributed by atoms with Gasteiger partial charge in [-0.3, -0.25) is 14.4 Å². The summed E-state index contributed by atoms with van der Waals surface area (Å²) in [7, 11) is 0. The van der Waals surface area contributed by atoms with E-state index in [0.29, 0.717) is 23.1 Å². The van der Waals surface area contributed by atoms with Crippen LogP contribution in [0.15, 0.2) is 46.0 Å². The molecule has 4 rings (SSSR count). The number of benzene rings is 2. The van der Waals surface area contributed by atoms with Crippen LogP contribution in [0.2, 0.25) is 5.02 Å². The fourth-order valence-electron chi connectivity index (χ4n) is 3.50. The van der Waals surface area contributed by atoms with Crippen molar-refractivity contribution in [2.45, 2.75) is 38.9 Å². The fraction of sp³-hybridized carbons (Fsp3) is 0.286. The first-order valence-corrected chi connectivity index (χ1v) is 9.79. The van der Waals surface area contributed by atoms with Gasteiger partial charge in [-0.15, -0.1) is 0 Å². The number of nitrogens with zero attached hydrogens (tertiary/aromatic N) is 2. The van der Waals surface area contributed by atoms with E-state index in [0.717, 1.165) is 12.8 Å². The lowest BCUT2D eigenvalue weighted by Gasteiger charge is -2.23. The van der Waals surface area contributed by atoms with Crippen LogP contribution >= 0.6 is 11.6 Å². The molecule has 1 heterocycles. The summed E-state index contributed by atoms with van der Waals surface area (Å²) in [5, 5.41) is 0.276. The van der Waals surface area contributed by atoms with Crippen LogP contribution in [0, 0.1) is 5.82 Å². The molecular formula is C21H19ClFN3O3. The highest BCUT2D eigenvalue weighted by Gasteiger charge is 2.34. The molecule has 0 unspecified atom stereocenters. The molecule has 1 aromatic heterocycles. The molecule has 0 atom stereocenters. The molecule has 6 nitrogen and oxygen atoms in total. The minimum atomic E-state index is -0.735. The molecule has 0 spiro atoms. The summed E-state index contributed by atoms with van der Waals surface area (Å²) in [5.41, 5.74) is 0.219. The Morgan fingerprint density at radius 3 is 2.69 bits per heavy atom. The number of aromatic nitrogens is 2. The van der Waals surface area contributed by atoms with Gasteiger partial charge in [-0.1, -0.05) is 17.7 Å². The smallest absolute Gasteiger partial charge is 0.316 e. The van der Waals surface area contributed by atoms with Crippen molar-refractivity contribution in [1.29, 1.82) is 0 Å². The highest BCUT2D eigenvalue weighted by Crippen LogP contribution is 2.32. The number of nitrogens with one attached hydrogen (secondary N) is 1. The maximum absolute atomic E-state index is 14.2. The molecule has 1 aliphatic carbocycles. The Labute approximate surface area is 170 Å². The fourth-order valence-corrected chi connectivity index (χ4v) is 3.72. The maximum Gasteiger partial charge on any atom is 0.316 e. The predicted molar refractivity (Wildman–Crippen MR) is 109 cm³/mol. The molecule has 0 aliphatic heterocycles. The lowest BCUT2D eigenvalue weighted by atomic mass is 10.1. The van der Waals surface area contributed by atoms with E-state index in [1.807, 2.05) is 0 Å². The molecule has 0 saturated heterocycles. The van der Waals surface area contributed by atoms with Gasteiger partial charge in [0.1, 0.15) is 5.82 Å². The summed E-state index contributed by atoms with van der Waals surface area (Å²) in [6.07, 6.45) is 1.69. The Hall–Kier alpha value is -2.93. The third-order valence-electron chi connectivity index (χ3n) is 5.18. The van der Waals surface area contributed by atoms with E-state index in [1.54, 1.807) is 36.1 Å². The molecule has 1 fully saturated rings. The van der Waals surface area contributed by atoms with Crippen LogP contribution in [0.5, 0.6) is 0 Å². The van der Waals surface area contributed by atoms with Gasteiger partial charge < -0.3 is 14.5 Å². The number of carbonyl (C=O) groups is 1. The first-order valence-electron chi connectivity index (χ1n) is 9.41. The van der Waals surface area contributed by atoms with Crippen LogP contribution in [0.3, 0.4) is 0 Å². The molecule has 1 saturated carbocycles. The van der Waals surface area contributed by atoms with Crippen LogP contribution < -0.4 is 11.1 Å². The van der Waals surface area contributed by atoms with E-state index < -0.39 is 16.9 Å². The van der Waals surface area contributed by atoms with E-state index in [4.69, 9.17) is 11.6 Å². The predicted octanol–water partition coefficient (Wildman–Crippen LogP) is 3.31. The Kier molecular flexibility index (Phi) is 5.00. The largest absolute Gasteiger partial charge is 0.331 e. The zero-order valence-corrected chi connectivity index (χ0v) is 16.5. The van der Waals surface area contributed by atoms with Gasteiger partial charge in [-0.05, 0) is 50.1 Å². The van der Waals surface area contributed by atoms with Gasteiger partial charge in [0, 0.05) is 28.7 Å². The number of halogens is 2. The quantitative estimate of drug-likeness (QED) is 0.649. The van der Waals surface area contributed by atoms with Crippen LogP contribution in [-0.2, 0) is 13.1 Å². The number of amides is 1. The highest BCUT2D eigenvalue weighted by atomic mass is 35.5. The topological polar surface area (TPSA) is 75.2 Å². The summed E-state index contributed by atoms with van der Waals surface area (Å²) >= 11 is 6.14. The first kappa shape index (κ1) is 19.4. The number of carbonyl (C=O) groups excluding carboxylic acids is 1. The molecule has 3 aromatic rings. The highest BCUT2D eigenvalue weighted by molar-refractivity contribution is 6.31. The Morgan fingerprint density at radius 2 is 2.03 bits per heavy atom. The van der Waals surface area contributed by atoms with Gasteiger partial charge >= 0.3 is 11.1 Å². The summed E-state index contributed by atoms with van der Waals surface area (Å²) in [4.78, 5) is 41.3. The molecular weight excluding hydrogens is 397 g/mol. The van der Waals surface area contributed by atoms with Gasteiger partial charge in [0.15, 0.2) is 0 Å². The van der Waals surface area contributed by atoms with Gasteiger partial charge in [-0.2, -0.15) is 0 Å². The molecule has 8 heteroatoms. The van der Waals surface area contributed by atoms with Crippen LogP contribution in [0.4, 0.5) is 4.39 Å². The lowest BCUT2D eigenvalue weighted by molar-refractivity contribution is 0.0728. The minimum Gasteiger partial charge on any atom is -0.331 e. The number of fused-ring (bicyclic) bond motifs is 1. The van der Waals surface area contributed by atoms with Crippen molar-refractivity contribution in [3.63, 3.8) is 0 Å². The number of hydrogen-bond acceptors (Lipinski definition) is 3. The summed E-state index contributed by atoms with van der Waals surface area (Å²) in [6.45, 7) is 2.18. The molecule has 1 N–H and O–H groups in total. The molecule has 29 heavy (non-hydrogen) atoms. The van der Waals surface area contributed by atoms with Crippen molar-refractivity contribution >= 4 is 28.5 Å². The monoisotopic (exact) mass is 415 g/mol. The maximum atomic E-state index is 14.2. The van der Waals surface area contributed by atoms with E-state index in [1.165, 1.54) is 16.7 Å². The average Bonchev–Trinajstić information content (AvgIpc) is 3.53. The average molecular weight is 416 g/mol. The number of hydrogen-bond donors (Lipinski definition) is 1. The van der Waals surface area contributed by atoms with Crippen molar-refractivity contribution in [1.82, 2.24) is 14.5 Å². The number of rotatable bonds is 5.